The lowest BCUT2D eigenvalue weighted by atomic mass is 10.1. The van der Waals surface area contributed by atoms with Crippen LogP contribution in [0.4, 0.5) is 11.4 Å². The zero-order valence-electron chi connectivity index (χ0n) is 67.8. The fourth-order valence-electron chi connectivity index (χ4n) is 13.0. The first-order valence-corrected chi connectivity index (χ1v) is 50.2. The van der Waals surface area contributed by atoms with E-state index in [0.29, 0.717) is 113 Å². The van der Waals surface area contributed by atoms with Crippen LogP contribution in [-0.2, 0) is 84.2 Å². The minimum absolute atomic E-state index is 0.0649. The number of aryl methyl sites for hydroxylation is 2. The number of nitrogens with zero attached hydrogens (tertiary/aromatic N) is 12. The van der Waals surface area contributed by atoms with E-state index in [4.69, 9.17) is 46.4 Å². The molecule has 660 valence electrons. The molecular formula is C87H70Cl4N14O16S8. The van der Waals surface area contributed by atoms with Gasteiger partial charge < -0.3 is 10.6 Å². The number of carbonyl (C=O) groups excluding carboxylic acids is 4. The standard InChI is InChI=1S/C23H19ClN4O4S2.C22H19ClN4O4S2.2C21H16ClN3O4S2/c24-20-6-8-22(33-20)34(31,32)12-17(29)9-14-1-7-21(25-11-14)28-13-26-19-10-16(27-15-2-3-15)4-5-18(19)23(28)30;1-2-24-15-4-5-17-18(10-15)26-13-27(22(17)29)20-7-3-14(11-25-20)9-16(28)12-33(30,31)21-8-6-19(23)32-21;2*1-13-2-4-16-17(8-13)24-12-25(21(16)27)19-6-3-14(10-23-19)9-15(26)11-31(28,29)20-7-5-18(22)30-20/h1,4-8,10-11,13,15,27H,2-3,9,12H2;3-8,10-11,13,24H,2,9,12H2,1H3;2*2-8,10,12H,9,11H2,1H3. The maximum absolute atomic E-state index is 13.0. The first-order valence-electron chi connectivity index (χ1n) is 38.8. The van der Waals surface area contributed by atoms with Crippen molar-refractivity contribution in [1.29, 1.82) is 0 Å². The van der Waals surface area contributed by atoms with E-state index >= 15 is 0 Å². The summed E-state index contributed by atoms with van der Waals surface area (Å²) in [6, 6.07) is 46.6. The molecule has 0 saturated heterocycles. The van der Waals surface area contributed by atoms with E-state index in [9.17, 15) is 72.0 Å². The predicted octanol–water partition coefficient (Wildman–Crippen LogP) is 13.9. The molecule has 0 aliphatic heterocycles. The maximum atomic E-state index is 13.0. The van der Waals surface area contributed by atoms with Crippen LogP contribution in [0, 0.1) is 13.8 Å². The Labute approximate surface area is 771 Å². The number of sulfone groups is 4. The highest BCUT2D eigenvalue weighted by atomic mass is 35.5. The van der Waals surface area contributed by atoms with E-state index < -0.39 is 85.5 Å². The van der Waals surface area contributed by atoms with Crippen LogP contribution in [0.15, 0.2) is 256 Å². The molecule has 0 spiro atoms. The topological polar surface area (TPSA) is 420 Å². The highest BCUT2D eigenvalue weighted by Gasteiger charge is 2.28. The summed E-state index contributed by atoms with van der Waals surface area (Å²) in [5, 5.41) is 8.46. The first kappa shape index (κ1) is 93.2. The van der Waals surface area contributed by atoms with Crippen molar-refractivity contribution in [2.45, 2.75) is 82.2 Å². The number of pyridine rings is 4. The SMILES string of the molecule is CCNc1ccc2c(=O)n(-c3ccc(CC(=O)CS(=O)(=O)c4ccc(Cl)s4)cn3)cnc2c1.Cc1ccc2c(=O)n(-c3ccc(CC(=O)CS(=O)(=O)c4ccc(Cl)s4)cn3)cnc2c1.Cc1ccc2c(=O)n(-c3ccc(CC(=O)CS(=O)(=O)c4ccc(Cl)s4)cn3)cnc2c1.O=C(Cc1ccc(-n2cnc3cc(NC4CC4)ccc3c2=O)nc1)CS(=O)(=O)c1ccc(Cl)s1. The van der Waals surface area contributed by atoms with E-state index in [1.54, 1.807) is 72.8 Å². The number of hydrogen-bond acceptors (Lipinski definition) is 30. The van der Waals surface area contributed by atoms with E-state index in [1.807, 2.05) is 69.3 Å². The van der Waals surface area contributed by atoms with Crippen LogP contribution in [0.3, 0.4) is 0 Å². The summed E-state index contributed by atoms with van der Waals surface area (Å²) in [7, 11) is -14.9. The molecule has 1 saturated carbocycles. The third-order valence-corrected chi connectivity index (χ3v) is 33.3. The van der Waals surface area contributed by atoms with Crippen molar-refractivity contribution in [2.24, 2.45) is 0 Å². The fourth-order valence-corrected chi connectivity index (χ4v) is 24.2. The quantitative estimate of drug-likeness (QED) is 0.0460. The second kappa shape index (κ2) is 40.0. The summed E-state index contributed by atoms with van der Waals surface area (Å²) in [6.45, 7) is 6.59. The molecule has 1 fully saturated rings. The van der Waals surface area contributed by atoms with E-state index in [1.165, 1.54) is 117 Å². The molecule has 17 rings (SSSR count). The number of ketones is 4. The zero-order valence-corrected chi connectivity index (χ0v) is 77.4. The van der Waals surface area contributed by atoms with Crippen LogP contribution >= 0.6 is 91.8 Å². The number of thiophene rings is 4. The maximum Gasteiger partial charge on any atom is 0.266 e. The lowest BCUT2D eigenvalue weighted by Crippen LogP contribution is -2.20. The number of halogens is 4. The van der Waals surface area contributed by atoms with Crippen molar-refractivity contribution >= 4 is 209 Å². The molecule has 2 N–H and O–H groups in total. The number of anilines is 2. The van der Waals surface area contributed by atoms with Crippen LogP contribution in [-0.4, -0.2) is 151 Å². The molecule has 0 unspecified atom stereocenters. The Morgan fingerprint density at radius 3 is 0.860 bits per heavy atom. The molecule has 0 amide bonds. The third kappa shape index (κ3) is 23.4. The Hall–Kier alpha value is -11.9. The first-order chi connectivity index (χ1) is 61.5. The Kier molecular flexibility index (Phi) is 28.9. The van der Waals surface area contributed by atoms with Crippen molar-refractivity contribution in [3.05, 3.63) is 312 Å². The normalized spacial score (nSPS) is 12.2. The summed E-state index contributed by atoms with van der Waals surface area (Å²) in [5.41, 5.74) is 7.40. The van der Waals surface area contributed by atoms with Gasteiger partial charge in [0, 0.05) is 74.4 Å². The largest absolute Gasteiger partial charge is 0.385 e. The van der Waals surface area contributed by atoms with Crippen molar-refractivity contribution in [2.75, 3.05) is 40.2 Å². The van der Waals surface area contributed by atoms with Gasteiger partial charge in [-0.05, 0) is 200 Å². The van der Waals surface area contributed by atoms with Crippen molar-refractivity contribution in [1.82, 2.24) is 58.1 Å². The number of nitrogens with one attached hydrogen (secondary N) is 2. The predicted molar refractivity (Wildman–Crippen MR) is 501 cm³/mol. The Morgan fingerprint density at radius 1 is 0.349 bits per heavy atom. The van der Waals surface area contributed by atoms with Gasteiger partial charge in [0.15, 0.2) is 62.5 Å². The molecule has 30 nitrogen and oxygen atoms in total. The molecule has 0 radical (unpaired) electrons. The number of benzene rings is 4. The van der Waals surface area contributed by atoms with Gasteiger partial charge in [0.05, 0.1) is 61.0 Å². The molecule has 4 aromatic carbocycles. The average molecular weight is 1970 g/mol. The lowest BCUT2D eigenvalue weighted by Gasteiger charge is -2.09. The van der Waals surface area contributed by atoms with Crippen molar-refractivity contribution in [3.63, 3.8) is 0 Å². The van der Waals surface area contributed by atoms with Gasteiger partial charge in [-0.2, -0.15) is 0 Å². The van der Waals surface area contributed by atoms with Crippen LogP contribution < -0.4 is 32.9 Å². The molecule has 42 heteroatoms. The minimum atomic E-state index is -3.74. The van der Waals surface area contributed by atoms with Crippen LogP contribution in [0.25, 0.3) is 66.9 Å². The second-order valence-corrected chi connectivity index (χ2v) is 45.1. The Balaban J connectivity index is 0.000000139. The van der Waals surface area contributed by atoms with Crippen LogP contribution in [0.5, 0.6) is 0 Å². The second-order valence-electron chi connectivity index (χ2n) is 29.4. The summed E-state index contributed by atoms with van der Waals surface area (Å²) in [5.74, 6) is -2.87. The molecule has 1 aliphatic carbocycles. The average Bonchev–Trinajstić information content (AvgIpc) is 1.02. The van der Waals surface area contributed by atoms with E-state index in [2.05, 4.69) is 50.5 Å². The molecular weight excluding hydrogens is 1900 g/mol. The monoisotopic (exact) mass is 1960 g/mol. The summed E-state index contributed by atoms with van der Waals surface area (Å²) >= 11 is 26.8. The molecule has 0 atom stereocenters. The lowest BCUT2D eigenvalue weighted by molar-refractivity contribution is -0.116. The fraction of sp³-hybridized carbons (Fsp3) is 0.172. The van der Waals surface area contributed by atoms with Gasteiger partial charge in [-0.15, -0.1) is 45.3 Å². The van der Waals surface area contributed by atoms with Gasteiger partial charge in [0.1, 0.15) is 88.4 Å². The Morgan fingerprint density at radius 2 is 0.612 bits per heavy atom. The van der Waals surface area contributed by atoms with Crippen LogP contribution in [0.2, 0.25) is 17.3 Å². The van der Waals surface area contributed by atoms with Gasteiger partial charge in [-0.25, -0.2) is 73.5 Å². The minimum Gasteiger partial charge on any atom is -0.385 e. The summed E-state index contributed by atoms with van der Waals surface area (Å²) in [4.78, 5) is 135. The number of hydrogen-bond donors (Lipinski definition) is 2. The highest BCUT2D eigenvalue weighted by molar-refractivity contribution is 7.95. The molecule has 0 bridgehead atoms. The smallest absolute Gasteiger partial charge is 0.266 e. The van der Waals surface area contributed by atoms with Gasteiger partial charge in [0.25, 0.3) is 22.2 Å². The number of aromatic nitrogens is 12. The molecule has 12 aromatic heterocycles. The van der Waals surface area contributed by atoms with Gasteiger partial charge in [-0.1, -0.05) is 82.8 Å². The third-order valence-electron chi connectivity index (χ3n) is 19.3. The highest BCUT2D eigenvalue weighted by Crippen LogP contribution is 2.32. The number of fused-ring (bicyclic) bond motifs is 4. The van der Waals surface area contributed by atoms with Gasteiger partial charge in [0.2, 0.25) is 0 Å². The zero-order chi connectivity index (χ0) is 91.8. The molecule has 129 heavy (non-hydrogen) atoms. The van der Waals surface area contributed by atoms with E-state index in [-0.39, 0.29) is 64.8 Å². The summed E-state index contributed by atoms with van der Waals surface area (Å²) in [6.07, 6.45) is 13.4. The summed E-state index contributed by atoms with van der Waals surface area (Å²) < 4.78 is 106. The van der Waals surface area contributed by atoms with Crippen LogP contribution in [0.1, 0.15) is 53.1 Å². The molecule has 16 aromatic rings. The number of Topliss-reactive ketones (excluding diaryl/α,β-unsaturated/α-hetero) is 4. The van der Waals surface area contributed by atoms with E-state index in [0.717, 1.165) is 87.2 Å². The number of carbonyl (C=O) groups is 4. The number of rotatable bonds is 28. The molecule has 1 aliphatic rings. The van der Waals surface area contributed by atoms with Gasteiger partial charge in [-0.3, -0.25) is 56.6 Å². The molecule has 12 heterocycles. The van der Waals surface area contributed by atoms with Crippen molar-refractivity contribution < 1.29 is 52.8 Å². The Bertz CT molecular complexity index is 7580. The van der Waals surface area contributed by atoms with Gasteiger partial charge >= 0.3 is 0 Å². The van der Waals surface area contributed by atoms with Crippen molar-refractivity contribution in [3.8, 4) is 23.3 Å².